The molecule has 0 saturated carbocycles. The number of nitrogens with zero attached hydrogens (tertiary/aromatic N) is 3. The van der Waals surface area contributed by atoms with Gasteiger partial charge in [0, 0.05) is 43.8 Å². The third-order valence-corrected chi connectivity index (χ3v) is 9.34. The Bertz CT molecular complexity index is 2810. The van der Waals surface area contributed by atoms with Gasteiger partial charge in [0.25, 0.3) is 0 Å². The van der Waals surface area contributed by atoms with Crippen LogP contribution in [0.3, 0.4) is 0 Å². The van der Waals surface area contributed by atoms with Gasteiger partial charge < -0.3 is 8.83 Å². The van der Waals surface area contributed by atoms with Crippen molar-refractivity contribution in [2.45, 2.75) is 0 Å². The van der Waals surface area contributed by atoms with Gasteiger partial charge >= 0.3 is 0 Å². The molecular weight excluding hydrogens is 615 g/mol. The van der Waals surface area contributed by atoms with Crippen molar-refractivity contribution in [3.63, 3.8) is 0 Å². The normalized spacial score (nSPS) is 11.6. The van der Waals surface area contributed by atoms with Gasteiger partial charge in [0.15, 0.2) is 17.5 Å². The van der Waals surface area contributed by atoms with Crippen molar-refractivity contribution >= 4 is 43.9 Å². The van der Waals surface area contributed by atoms with Gasteiger partial charge in [-0.25, -0.2) is 15.0 Å². The summed E-state index contributed by atoms with van der Waals surface area (Å²) < 4.78 is 12.8. The van der Waals surface area contributed by atoms with E-state index in [4.69, 9.17) is 23.8 Å². The molecule has 0 aliphatic carbocycles. The lowest BCUT2D eigenvalue weighted by molar-refractivity contribution is 0.668. The Morgan fingerprint density at radius 1 is 0.300 bits per heavy atom. The SMILES string of the molecule is c1ccc(-c2nc(-c3ccccc3)nc(-c3cccc(-c4ccc5oc6c(-c7ccc8c(c7)oc7ccccc78)cccc6c5c4)c3)n2)cc1. The highest BCUT2D eigenvalue weighted by Crippen LogP contribution is 2.40. The second kappa shape index (κ2) is 11.4. The van der Waals surface area contributed by atoms with Crippen molar-refractivity contribution < 1.29 is 8.83 Å². The molecule has 5 heteroatoms. The first-order valence-electron chi connectivity index (χ1n) is 16.6. The molecule has 5 nitrogen and oxygen atoms in total. The molecule has 50 heavy (non-hydrogen) atoms. The molecule has 3 heterocycles. The summed E-state index contributed by atoms with van der Waals surface area (Å²) in [7, 11) is 0. The summed E-state index contributed by atoms with van der Waals surface area (Å²) in [6.07, 6.45) is 0. The maximum absolute atomic E-state index is 6.55. The van der Waals surface area contributed by atoms with Crippen molar-refractivity contribution in [3.8, 4) is 56.4 Å². The summed E-state index contributed by atoms with van der Waals surface area (Å²) in [5, 5.41) is 4.36. The molecule has 10 aromatic rings. The Kier molecular flexibility index (Phi) is 6.42. The van der Waals surface area contributed by atoms with Gasteiger partial charge in [0.2, 0.25) is 0 Å². The van der Waals surface area contributed by atoms with Crippen LogP contribution in [0.2, 0.25) is 0 Å². The average Bonchev–Trinajstić information content (AvgIpc) is 3.76. The number of furan rings is 2. The molecule has 0 radical (unpaired) electrons. The fourth-order valence-electron chi connectivity index (χ4n) is 6.87. The van der Waals surface area contributed by atoms with Gasteiger partial charge in [-0.05, 0) is 53.1 Å². The smallest absolute Gasteiger partial charge is 0.164 e. The molecule has 0 N–H and O–H groups in total. The topological polar surface area (TPSA) is 65.0 Å². The summed E-state index contributed by atoms with van der Waals surface area (Å²) in [5.41, 5.74) is 10.5. The molecule has 0 saturated heterocycles. The van der Waals surface area contributed by atoms with E-state index in [-0.39, 0.29) is 0 Å². The zero-order chi connectivity index (χ0) is 33.0. The van der Waals surface area contributed by atoms with Gasteiger partial charge in [0.1, 0.15) is 22.3 Å². The number of hydrogen-bond acceptors (Lipinski definition) is 5. The standard InChI is InChI=1S/C45H27N3O2/c1-3-11-28(12-4-1)43-46-44(29-13-5-2-6-14-29)48-45(47-43)33-16-9-15-30(25-33)31-22-24-40-38(26-31)37-19-10-18-34(42(37)50-40)32-21-23-36-35-17-7-8-20-39(35)49-41(36)27-32/h1-27H. The first-order chi connectivity index (χ1) is 24.7. The van der Waals surface area contributed by atoms with Crippen LogP contribution in [0.15, 0.2) is 173 Å². The third kappa shape index (κ3) is 4.75. The Morgan fingerprint density at radius 2 is 0.860 bits per heavy atom. The van der Waals surface area contributed by atoms with E-state index >= 15 is 0 Å². The maximum Gasteiger partial charge on any atom is 0.164 e. The molecule has 0 aliphatic rings. The molecule has 0 spiro atoms. The molecule has 10 rings (SSSR count). The number of rotatable bonds is 5. The lowest BCUT2D eigenvalue weighted by atomic mass is 9.98. The summed E-state index contributed by atoms with van der Waals surface area (Å²) >= 11 is 0. The molecule has 0 fully saturated rings. The van der Waals surface area contributed by atoms with Crippen molar-refractivity contribution in [1.82, 2.24) is 15.0 Å². The molecular formula is C45H27N3O2. The predicted molar refractivity (Wildman–Crippen MR) is 202 cm³/mol. The van der Waals surface area contributed by atoms with Gasteiger partial charge in [-0.15, -0.1) is 0 Å². The van der Waals surface area contributed by atoms with Gasteiger partial charge in [-0.2, -0.15) is 0 Å². The fourth-order valence-corrected chi connectivity index (χ4v) is 6.87. The minimum atomic E-state index is 0.625. The molecule has 0 aliphatic heterocycles. The summed E-state index contributed by atoms with van der Waals surface area (Å²) in [6, 6.07) is 55.8. The van der Waals surface area contributed by atoms with E-state index < -0.39 is 0 Å². The van der Waals surface area contributed by atoms with Crippen LogP contribution in [0.4, 0.5) is 0 Å². The molecule has 0 unspecified atom stereocenters. The lowest BCUT2D eigenvalue weighted by Gasteiger charge is -2.09. The number of hydrogen-bond donors (Lipinski definition) is 0. The van der Waals surface area contributed by atoms with E-state index in [1.54, 1.807) is 0 Å². The predicted octanol–water partition coefficient (Wildman–Crippen LogP) is 12.0. The van der Waals surface area contributed by atoms with E-state index in [9.17, 15) is 0 Å². The van der Waals surface area contributed by atoms with Gasteiger partial charge in [0.05, 0.1) is 0 Å². The van der Waals surface area contributed by atoms with Crippen LogP contribution in [0.1, 0.15) is 0 Å². The van der Waals surface area contributed by atoms with Crippen LogP contribution in [-0.4, -0.2) is 15.0 Å². The summed E-state index contributed by atoms with van der Waals surface area (Å²) in [5.74, 6) is 1.91. The van der Waals surface area contributed by atoms with Gasteiger partial charge in [-0.1, -0.05) is 127 Å². The van der Waals surface area contributed by atoms with Crippen LogP contribution < -0.4 is 0 Å². The minimum absolute atomic E-state index is 0.625. The zero-order valence-electron chi connectivity index (χ0n) is 26.7. The second-order valence-electron chi connectivity index (χ2n) is 12.4. The Labute approximate surface area is 287 Å². The van der Waals surface area contributed by atoms with E-state index in [1.807, 2.05) is 78.9 Å². The van der Waals surface area contributed by atoms with Crippen LogP contribution in [0.25, 0.3) is 100 Å². The Balaban J connectivity index is 1.06. The molecule has 3 aromatic heterocycles. The van der Waals surface area contributed by atoms with Crippen molar-refractivity contribution in [2.75, 3.05) is 0 Å². The Hall–Kier alpha value is -6.85. The highest BCUT2D eigenvalue weighted by atomic mass is 16.3. The van der Waals surface area contributed by atoms with Crippen molar-refractivity contribution in [3.05, 3.63) is 164 Å². The molecule has 234 valence electrons. The monoisotopic (exact) mass is 641 g/mol. The average molecular weight is 642 g/mol. The van der Waals surface area contributed by atoms with Gasteiger partial charge in [-0.3, -0.25) is 0 Å². The molecule has 0 amide bonds. The quantitative estimate of drug-likeness (QED) is 0.187. The second-order valence-corrected chi connectivity index (χ2v) is 12.4. The van der Waals surface area contributed by atoms with E-state index in [1.165, 1.54) is 0 Å². The van der Waals surface area contributed by atoms with E-state index in [0.717, 1.165) is 82.8 Å². The number of para-hydroxylation sites is 2. The number of benzene rings is 7. The molecule has 7 aromatic carbocycles. The number of aromatic nitrogens is 3. The van der Waals surface area contributed by atoms with Crippen LogP contribution in [0.5, 0.6) is 0 Å². The maximum atomic E-state index is 6.55. The number of fused-ring (bicyclic) bond motifs is 6. The Morgan fingerprint density at radius 3 is 1.64 bits per heavy atom. The lowest BCUT2D eigenvalue weighted by Crippen LogP contribution is -2.00. The first-order valence-corrected chi connectivity index (χ1v) is 16.6. The van der Waals surface area contributed by atoms with Crippen LogP contribution in [-0.2, 0) is 0 Å². The van der Waals surface area contributed by atoms with Crippen LogP contribution >= 0.6 is 0 Å². The van der Waals surface area contributed by atoms with Crippen molar-refractivity contribution in [1.29, 1.82) is 0 Å². The molecule has 0 bridgehead atoms. The van der Waals surface area contributed by atoms with E-state index in [0.29, 0.717) is 17.5 Å². The third-order valence-electron chi connectivity index (χ3n) is 9.34. The minimum Gasteiger partial charge on any atom is -0.456 e. The summed E-state index contributed by atoms with van der Waals surface area (Å²) in [6.45, 7) is 0. The molecule has 0 atom stereocenters. The zero-order valence-corrected chi connectivity index (χ0v) is 26.7. The fraction of sp³-hybridized carbons (Fsp3) is 0. The first kappa shape index (κ1) is 28.2. The van der Waals surface area contributed by atoms with Crippen LogP contribution in [0, 0.1) is 0 Å². The largest absolute Gasteiger partial charge is 0.456 e. The van der Waals surface area contributed by atoms with Crippen molar-refractivity contribution in [2.24, 2.45) is 0 Å². The highest BCUT2D eigenvalue weighted by Gasteiger charge is 2.16. The van der Waals surface area contributed by atoms with E-state index in [2.05, 4.69) is 84.9 Å². The summed E-state index contributed by atoms with van der Waals surface area (Å²) in [4.78, 5) is 14.7. The highest BCUT2D eigenvalue weighted by molar-refractivity contribution is 6.12.